The monoisotopic (exact) mass is 481 g/mol. The largest absolute Gasteiger partial charge is 0.392 e. The number of Topliss-reactive ketones (excluding diaryl/α,β-unsaturated/α-hetero) is 1. The molecule has 3 aromatic heterocycles. The summed E-state index contributed by atoms with van der Waals surface area (Å²) in [7, 11) is 1.70. The number of fused-ring (bicyclic) bond motifs is 1. The van der Waals surface area contributed by atoms with Crippen molar-refractivity contribution in [1.29, 1.82) is 0 Å². The summed E-state index contributed by atoms with van der Waals surface area (Å²) in [6.45, 7) is 4.15. The fourth-order valence-corrected chi connectivity index (χ4v) is 4.41. The molecule has 0 spiro atoms. The lowest BCUT2D eigenvalue weighted by atomic mass is 10.1. The molecular formula is C24H25F2N7O2. The highest BCUT2D eigenvalue weighted by molar-refractivity contribution is 6.10. The van der Waals surface area contributed by atoms with Crippen LogP contribution in [-0.4, -0.2) is 65.7 Å². The van der Waals surface area contributed by atoms with E-state index >= 15 is 0 Å². The summed E-state index contributed by atoms with van der Waals surface area (Å²) in [5.41, 5.74) is 3.14. The Morgan fingerprint density at radius 3 is 2.86 bits per heavy atom. The number of ketones is 1. The quantitative estimate of drug-likeness (QED) is 0.391. The molecule has 0 amide bonds. The maximum atomic E-state index is 13.0. The Morgan fingerprint density at radius 2 is 2.11 bits per heavy atom. The van der Waals surface area contributed by atoms with Gasteiger partial charge in [-0.3, -0.25) is 9.69 Å². The van der Waals surface area contributed by atoms with Crippen molar-refractivity contribution in [3.05, 3.63) is 59.7 Å². The number of aliphatic hydroxyl groups is 1. The lowest BCUT2D eigenvalue weighted by Crippen LogP contribution is -2.21. The Balaban J connectivity index is 1.38. The summed E-state index contributed by atoms with van der Waals surface area (Å²) in [4.78, 5) is 23.0. The zero-order valence-electron chi connectivity index (χ0n) is 19.3. The molecule has 35 heavy (non-hydrogen) atoms. The zero-order chi connectivity index (χ0) is 24.7. The third-order valence-corrected chi connectivity index (χ3v) is 6.23. The topological polar surface area (TPSA) is 101 Å². The van der Waals surface area contributed by atoms with Crippen LogP contribution in [-0.2, 0) is 13.6 Å². The van der Waals surface area contributed by atoms with E-state index in [1.54, 1.807) is 46.8 Å². The molecule has 0 radical (unpaired) electrons. The number of carbonyl (C=O) groups excluding carboxylic acids is 1. The average molecular weight is 482 g/mol. The number of nitrogens with one attached hydrogen (secondary N) is 1. The Hall–Kier alpha value is -3.70. The maximum absolute atomic E-state index is 13.0. The van der Waals surface area contributed by atoms with Crippen LogP contribution in [0.3, 0.4) is 0 Å². The normalized spacial score (nSPS) is 16.5. The minimum Gasteiger partial charge on any atom is -0.392 e. The number of hydrogen-bond donors (Lipinski definition) is 2. The van der Waals surface area contributed by atoms with E-state index in [0.717, 1.165) is 24.2 Å². The van der Waals surface area contributed by atoms with E-state index in [1.807, 2.05) is 13.1 Å². The van der Waals surface area contributed by atoms with E-state index in [1.165, 1.54) is 6.20 Å². The molecular weight excluding hydrogens is 456 g/mol. The van der Waals surface area contributed by atoms with Crippen molar-refractivity contribution in [2.45, 2.75) is 32.4 Å². The first-order valence-electron chi connectivity index (χ1n) is 11.3. The van der Waals surface area contributed by atoms with Crippen LogP contribution in [0.4, 0.5) is 20.4 Å². The number of hydrogen-bond acceptors (Lipinski definition) is 7. The number of rotatable bonds is 7. The molecule has 0 aliphatic carbocycles. The van der Waals surface area contributed by atoms with Gasteiger partial charge in [0.15, 0.2) is 5.82 Å². The van der Waals surface area contributed by atoms with Crippen LogP contribution in [0, 0.1) is 6.92 Å². The number of benzene rings is 1. The van der Waals surface area contributed by atoms with E-state index in [9.17, 15) is 18.7 Å². The molecule has 11 heteroatoms. The van der Waals surface area contributed by atoms with E-state index < -0.39 is 12.2 Å². The SMILES string of the molecule is Cc1nn(-c2ccnc(Nc3ccc4c(c3)c(C(=O)C(F)F)cn4C)n2)cc1CN1CC[C@@H](O)C1. The summed E-state index contributed by atoms with van der Waals surface area (Å²) in [5.74, 6) is -0.344. The fourth-order valence-electron chi connectivity index (χ4n) is 4.41. The van der Waals surface area contributed by atoms with Crippen LogP contribution in [0.15, 0.2) is 42.9 Å². The second-order valence-corrected chi connectivity index (χ2v) is 8.78. The minimum atomic E-state index is -3.07. The molecule has 1 saturated heterocycles. The van der Waals surface area contributed by atoms with E-state index in [4.69, 9.17) is 0 Å². The Labute approximate surface area is 200 Å². The third-order valence-electron chi connectivity index (χ3n) is 6.23. The number of β-amino-alcohol motifs (C(OH)–C–C–N with tert-alkyl or cyclic N) is 1. The van der Waals surface area contributed by atoms with Crippen molar-refractivity contribution in [2.75, 3.05) is 18.4 Å². The molecule has 1 aliphatic rings. The van der Waals surface area contributed by atoms with Gasteiger partial charge in [0.1, 0.15) is 0 Å². The molecule has 0 saturated carbocycles. The van der Waals surface area contributed by atoms with Gasteiger partial charge in [-0.15, -0.1) is 0 Å². The number of aromatic nitrogens is 5. The molecule has 4 aromatic rings. The molecule has 0 unspecified atom stereocenters. The van der Waals surface area contributed by atoms with Gasteiger partial charge in [0, 0.05) is 79.1 Å². The number of aryl methyl sites for hydroxylation is 2. The third kappa shape index (κ3) is 4.64. The van der Waals surface area contributed by atoms with Crippen molar-refractivity contribution < 1.29 is 18.7 Å². The van der Waals surface area contributed by atoms with Crippen LogP contribution in [0.25, 0.3) is 16.7 Å². The standard InChI is InChI=1S/C24H25F2N7O2/c1-14-15(10-32-8-6-17(34)12-32)11-33(30-14)21-5-7-27-24(29-21)28-16-3-4-20-18(9-16)19(13-31(20)2)22(35)23(25)26/h3-5,7,9,11,13,17,23,34H,6,8,10,12H2,1-2H3,(H,27,28,29)/t17-/m1/s1. The van der Waals surface area contributed by atoms with E-state index in [0.29, 0.717) is 41.4 Å². The van der Waals surface area contributed by atoms with Crippen molar-refractivity contribution >= 4 is 28.3 Å². The number of anilines is 2. The molecule has 2 N–H and O–H groups in total. The van der Waals surface area contributed by atoms with Crippen molar-refractivity contribution in [2.24, 2.45) is 7.05 Å². The van der Waals surface area contributed by atoms with Crippen molar-refractivity contribution in [3.63, 3.8) is 0 Å². The molecule has 5 rings (SSSR count). The highest BCUT2D eigenvalue weighted by atomic mass is 19.3. The molecule has 1 fully saturated rings. The molecule has 182 valence electrons. The molecule has 1 atom stereocenters. The number of aliphatic hydroxyl groups excluding tert-OH is 1. The van der Waals surface area contributed by atoms with Gasteiger partial charge in [0.05, 0.1) is 11.8 Å². The van der Waals surface area contributed by atoms with Gasteiger partial charge < -0.3 is 15.0 Å². The molecule has 9 nitrogen and oxygen atoms in total. The predicted molar refractivity (Wildman–Crippen MR) is 126 cm³/mol. The van der Waals surface area contributed by atoms with E-state index in [2.05, 4.69) is 25.3 Å². The molecule has 0 bridgehead atoms. The van der Waals surface area contributed by atoms with Crippen LogP contribution >= 0.6 is 0 Å². The summed E-state index contributed by atoms with van der Waals surface area (Å²) in [6, 6.07) is 6.90. The van der Waals surface area contributed by atoms with Gasteiger partial charge >= 0.3 is 6.43 Å². The minimum absolute atomic E-state index is 0.0270. The van der Waals surface area contributed by atoms with Gasteiger partial charge in [0.25, 0.3) is 0 Å². The molecule has 1 aliphatic heterocycles. The van der Waals surface area contributed by atoms with Gasteiger partial charge in [-0.2, -0.15) is 10.1 Å². The summed E-state index contributed by atoms with van der Waals surface area (Å²) in [6.07, 6.45) is 2.37. The van der Waals surface area contributed by atoms with Crippen LogP contribution in [0.2, 0.25) is 0 Å². The smallest absolute Gasteiger partial charge is 0.300 e. The summed E-state index contributed by atoms with van der Waals surface area (Å²) in [5, 5.41) is 17.9. The van der Waals surface area contributed by atoms with Crippen LogP contribution in [0.5, 0.6) is 0 Å². The zero-order valence-corrected chi connectivity index (χ0v) is 19.3. The lowest BCUT2D eigenvalue weighted by molar-refractivity contribution is 0.0680. The first kappa shape index (κ1) is 23.1. The predicted octanol–water partition coefficient (Wildman–Crippen LogP) is 3.22. The van der Waals surface area contributed by atoms with Crippen LogP contribution in [0.1, 0.15) is 28.0 Å². The van der Waals surface area contributed by atoms with Gasteiger partial charge in [-0.05, 0) is 31.5 Å². The number of carbonyl (C=O) groups is 1. The average Bonchev–Trinajstić information content (AvgIpc) is 3.51. The van der Waals surface area contributed by atoms with Crippen molar-refractivity contribution in [3.8, 4) is 5.82 Å². The Bertz CT molecular complexity index is 1400. The number of nitrogens with zero attached hydrogens (tertiary/aromatic N) is 6. The number of halogens is 2. The molecule has 1 aromatic carbocycles. The maximum Gasteiger partial charge on any atom is 0.300 e. The number of likely N-dealkylation sites (tertiary alicyclic amines) is 1. The number of alkyl halides is 2. The first-order chi connectivity index (χ1) is 16.8. The van der Waals surface area contributed by atoms with Gasteiger partial charge in [-0.1, -0.05) is 0 Å². The Morgan fingerprint density at radius 1 is 1.29 bits per heavy atom. The summed E-state index contributed by atoms with van der Waals surface area (Å²) < 4.78 is 29.4. The van der Waals surface area contributed by atoms with E-state index in [-0.39, 0.29) is 11.7 Å². The molecule has 4 heterocycles. The second kappa shape index (κ2) is 9.16. The first-order valence-corrected chi connectivity index (χ1v) is 11.3. The second-order valence-electron chi connectivity index (χ2n) is 8.78. The van der Waals surface area contributed by atoms with Crippen LogP contribution < -0.4 is 5.32 Å². The van der Waals surface area contributed by atoms with Crippen molar-refractivity contribution in [1.82, 2.24) is 29.2 Å². The highest BCUT2D eigenvalue weighted by Gasteiger charge is 2.23. The van der Waals surface area contributed by atoms with Gasteiger partial charge in [0.2, 0.25) is 11.7 Å². The lowest BCUT2D eigenvalue weighted by Gasteiger charge is -2.13. The fraction of sp³-hybridized carbons (Fsp3) is 0.333. The highest BCUT2D eigenvalue weighted by Crippen LogP contribution is 2.27. The van der Waals surface area contributed by atoms with Gasteiger partial charge in [-0.25, -0.2) is 18.4 Å². The summed E-state index contributed by atoms with van der Waals surface area (Å²) >= 11 is 0. The Kier molecular flexibility index (Phi) is 6.03.